The number of ketones is 2. The second kappa shape index (κ2) is 24.4. The Morgan fingerprint density at radius 2 is 1.24 bits per heavy atom. The predicted molar refractivity (Wildman–Crippen MR) is 252 cm³/mol. The van der Waals surface area contributed by atoms with E-state index in [0.717, 1.165) is 36.9 Å². The first kappa shape index (κ1) is 50.0. The van der Waals surface area contributed by atoms with Gasteiger partial charge in [-0.05, 0) is 48.9 Å². The Balaban J connectivity index is 1.01. The molecule has 2 saturated carbocycles. The number of Topliss-reactive ketones (excluding diaryl/α,β-unsaturated/α-hetero) is 2. The third-order valence-electron chi connectivity index (χ3n) is 16.8. The summed E-state index contributed by atoms with van der Waals surface area (Å²) in [6.45, 7) is 12.0. The van der Waals surface area contributed by atoms with Crippen LogP contribution in [-0.2, 0) is 28.0 Å². The van der Waals surface area contributed by atoms with Gasteiger partial charge in [0.2, 0.25) is 0 Å². The zero-order chi connectivity index (χ0) is 45.5. The lowest BCUT2D eigenvalue weighted by Gasteiger charge is -2.66. The molecular formula is C53H90O8S. The molecule has 4 fully saturated rings. The quantitative estimate of drug-likeness (QED) is 0.0239. The molecular weight excluding hydrogens is 797 g/mol. The van der Waals surface area contributed by atoms with Crippen LogP contribution in [0.2, 0.25) is 0 Å². The Hall–Kier alpha value is -1.42. The molecule has 5 aliphatic rings. The monoisotopic (exact) mass is 889 g/mol. The highest BCUT2D eigenvalue weighted by Gasteiger charge is 2.78. The molecule has 2 saturated heterocycles. The number of fused-ring (bicyclic) bond motifs is 5. The van der Waals surface area contributed by atoms with E-state index >= 15 is 4.79 Å². The van der Waals surface area contributed by atoms with Crippen LogP contribution in [0, 0.1) is 28.6 Å². The second-order valence-electron chi connectivity index (χ2n) is 21.3. The summed E-state index contributed by atoms with van der Waals surface area (Å²) in [6, 6.07) is 0. The minimum atomic E-state index is -1.42. The maximum absolute atomic E-state index is 15.4. The van der Waals surface area contributed by atoms with Crippen LogP contribution in [0.1, 0.15) is 236 Å². The van der Waals surface area contributed by atoms with Crippen LogP contribution < -0.4 is 0 Å². The average molecular weight is 889 g/mol. The van der Waals surface area contributed by atoms with Crippen molar-refractivity contribution in [2.24, 2.45) is 28.6 Å². The molecule has 9 heteroatoms. The van der Waals surface area contributed by atoms with E-state index in [1.807, 2.05) is 34.6 Å². The average Bonchev–Trinajstić information content (AvgIpc) is 3.58. The normalized spacial score (nSPS) is 32.5. The van der Waals surface area contributed by atoms with Gasteiger partial charge in [0.25, 0.3) is 0 Å². The predicted octanol–water partition coefficient (Wildman–Crippen LogP) is 14.2. The van der Waals surface area contributed by atoms with E-state index in [0.29, 0.717) is 18.4 Å². The van der Waals surface area contributed by atoms with Crippen LogP contribution in [0.5, 0.6) is 0 Å². The molecule has 0 aromatic carbocycles. The highest BCUT2D eigenvalue weighted by atomic mass is 32.2. The lowest BCUT2D eigenvalue weighted by atomic mass is 9.42. The Morgan fingerprint density at radius 3 is 1.68 bits per heavy atom. The van der Waals surface area contributed by atoms with Gasteiger partial charge in [-0.25, -0.2) is 4.79 Å². The van der Waals surface area contributed by atoms with Gasteiger partial charge >= 0.3 is 6.16 Å². The SMILES string of the molecule is [3H]CSO[C@H]1C[C@@]23OC(=O)O[C@H]2[C@@H]2[C@]4(O)CO[C@@H]4C[C@H](C)[C@@]2(C)C(=O)[C@H](C(=O)CCCCCCCCCCCCCCCCCCCCCCCCCCCCC)C(=C1C)C3(C)C. The number of aliphatic hydroxyl groups is 1. The van der Waals surface area contributed by atoms with E-state index < -0.39 is 58.3 Å². The first-order valence-corrected chi connectivity index (χ1v) is 26.8. The maximum Gasteiger partial charge on any atom is 0.509 e. The molecule has 356 valence electrons. The molecule has 62 heavy (non-hydrogen) atoms. The zero-order valence-corrected chi connectivity index (χ0v) is 41.1. The van der Waals surface area contributed by atoms with Crippen molar-refractivity contribution < 1.29 is 39.3 Å². The van der Waals surface area contributed by atoms with Gasteiger partial charge in [-0.15, -0.1) is 0 Å². The standard InChI is InChI=1S/C53H90O8S/c1-8-9-10-11-12-13-14-15-16-17-18-19-20-21-22-23-24-25-26-27-28-29-30-31-32-33-34-35-41(54)44-45-40(3)42(61-62-7)37-53(50(45,4)5)48(59-49(56)60-53)46-51(6,47(44)55)39(2)36-43-52(46,57)38-58-43/h39,42-44,46,48,57H,8-38H2,1-7H3/t39-,42-,43+,44+,46-,48-,51+,52-,53+/m0/s1/i7T. The lowest BCUT2D eigenvalue weighted by Crippen LogP contribution is -2.78. The smallest absolute Gasteiger partial charge is 0.426 e. The summed E-state index contributed by atoms with van der Waals surface area (Å²) in [5.74, 6) is -2.47. The number of hydrogen-bond acceptors (Lipinski definition) is 9. The summed E-state index contributed by atoms with van der Waals surface area (Å²) >= 11 is 0.994. The molecule has 0 radical (unpaired) electrons. The van der Waals surface area contributed by atoms with Gasteiger partial charge in [-0.1, -0.05) is 202 Å². The Kier molecular flexibility index (Phi) is 19.7. The summed E-state index contributed by atoms with van der Waals surface area (Å²) in [4.78, 5) is 43.5. The molecule has 0 amide bonds. The van der Waals surface area contributed by atoms with Crippen molar-refractivity contribution in [3.8, 4) is 0 Å². The Morgan fingerprint density at radius 1 is 0.774 bits per heavy atom. The van der Waals surface area contributed by atoms with Crippen LogP contribution >= 0.6 is 12.0 Å². The fourth-order valence-electron chi connectivity index (χ4n) is 12.7. The summed E-state index contributed by atoms with van der Waals surface area (Å²) in [6.07, 6.45) is 34.0. The van der Waals surface area contributed by atoms with Crippen molar-refractivity contribution in [3.05, 3.63) is 11.1 Å². The summed E-state index contributed by atoms with van der Waals surface area (Å²) in [7, 11) is 0. The number of rotatable bonds is 31. The van der Waals surface area contributed by atoms with Crippen LogP contribution in [-0.4, -0.2) is 65.2 Å². The maximum atomic E-state index is 15.4. The minimum absolute atomic E-state index is 0.0249. The number of hydrogen-bond donors (Lipinski definition) is 1. The van der Waals surface area contributed by atoms with Crippen molar-refractivity contribution in [1.82, 2.24) is 0 Å². The van der Waals surface area contributed by atoms with Gasteiger partial charge in [0.05, 0.1) is 24.7 Å². The number of carbonyl (C=O) groups is 3. The van der Waals surface area contributed by atoms with Crippen molar-refractivity contribution in [2.45, 2.75) is 264 Å². The first-order valence-electron chi connectivity index (χ1n) is 26.6. The van der Waals surface area contributed by atoms with Gasteiger partial charge in [0.1, 0.15) is 11.4 Å². The second-order valence-corrected chi connectivity index (χ2v) is 21.7. The minimum Gasteiger partial charge on any atom is -0.426 e. The molecule has 2 bridgehead atoms. The number of unbranched alkanes of at least 4 members (excludes halogenated alkanes) is 26. The third-order valence-corrected chi connectivity index (χ3v) is 17.2. The van der Waals surface area contributed by atoms with E-state index in [-0.39, 0.29) is 43.2 Å². The van der Waals surface area contributed by atoms with Gasteiger partial charge in [0.15, 0.2) is 17.5 Å². The molecule has 9 atom stereocenters. The van der Waals surface area contributed by atoms with Gasteiger partial charge in [-0.3, -0.25) is 9.59 Å². The Bertz CT molecular complexity index is 1480. The third kappa shape index (κ3) is 11.6. The fraction of sp³-hybridized carbons (Fsp3) is 0.906. The highest BCUT2D eigenvalue weighted by molar-refractivity contribution is 7.93. The topological polar surface area (TPSA) is 108 Å². The zero-order valence-electron chi connectivity index (χ0n) is 41.3. The number of ether oxygens (including phenoxy) is 3. The van der Waals surface area contributed by atoms with Crippen molar-refractivity contribution in [1.29, 1.82) is 0 Å². The van der Waals surface area contributed by atoms with E-state index in [4.69, 9.17) is 19.8 Å². The van der Waals surface area contributed by atoms with Crippen LogP contribution in [0.25, 0.3) is 0 Å². The molecule has 2 aliphatic heterocycles. The molecule has 8 nitrogen and oxygen atoms in total. The van der Waals surface area contributed by atoms with E-state index in [1.54, 1.807) is 0 Å². The van der Waals surface area contributed by atoms with Crippen LogP contribution in [0.15, 0.2) is 11.1 Å². The lowest BCUT2D eigenvalue weighted by molar-refractivity contribution is -0.327. The van der Waals surface area contributed by atoms with E-state index in [9.17, 15) is 14.7 Å². The summed E-state index contributed by atoms with van der Waals surface area (Å²) < 4.78 is 32.2. The van der Waals surface area contributed by atoms with Gasteiger partial charge in [-0.2, -0.15) is 0 Å². The molecule has 0 aromatic heterocycles. The largest absolute Gasteiger partial charge is 0.509 e. The molecule has 1 spiro atoms. The van der Waals surface area contributed by atoms with Crippen molar-refractivity contribution in [2.75, 3.05) is 12.8 Å². The van der Waals surface area contributed by atoms with Crippen molar-refractivity contribution in [3.63, 3.8) is 0 Å². The van der Waals surface area contributed by atoms with Gasteiger partial charge in [0, 0.05) is 37.2 Å². The van der Waals surface area contributed by atoms with E-state index in [2.05, 4.69) is 6.92 Å². The Labute approximate surface area is 383 Å². The molecule has 3 aliphatic carbocycles. The van der Waals surface area contributed by atoms with Gasteiger partial charge < -0.3 is 23.5 Å². The molecule has 0 aromatic rings. The van der Waals surface area contributed by atoms with E-state index in [1.165, 1.54) is 148 Å². The summed E-state index contributed by atoms with van der Waals surface area (Å²) in [5.41, 5.74) is -3.46. The summed E-state index contributed by atoms with van der Waals surface area (Å²) in [5, 5.41) is 12.4. The highest BCUT2D eigenvalue weighted by Crippen LogP contribution is 2.67. The molecule has 5 rings (SSSR count). The van der Waals surface area contributed by atoms with Crippen molar-refractivity contribution >= 4 is 29.8 Å². The molecule has 1 N–H and O–H groups in total. The number of carbonyl (C=O) groups excluding carboxylic acids is 3. The molecule has 2 heterocycles. The van der Waals surface area contributed by atoms with Crippen LogP contribution in [0.3, 0.4) is 0 Å². The molecule has 0 unspecified atom stereocenters. The fourth-order valence-corrected chi connectivity index (χ4v) is 13.1. The van der Waals surface area contributed by atoms with Crippen LogP contribution in [0.4, 0.5) is 4.79 Å². The first-order chi connectivity index (χ1) is 30.3.